The summed E-state index contributed by atoms with van der Waals surface area (Å²) in [6.45, 7) is 9.64. The van der Waals surface area contributed by atoms with Crippen molar-refractivity contribution in [2.45, 2.75) is 76.9 Å². The molecule has 0 bridgehead atoms. The Labute approximate surface area is 101 Å². The minimum atomic E-state index is 0.379. The van der Waals surface area contributed by atoms with Crippen LogP contribution in [0.25, 0.3) is 0 Å². The molecule has 1 N–H and O–H groups in total. The molecule has 3 atom stereocenters. The van der Waals surface area contributed by atoms with Crippen molar-refractivity contribution < 1.29 is 0 Å². The van der Waals surface area contributed by atoms with Crippen molar-refractivity contribution in [3.8, 4) is 0 Å². The lowest BCUT2D eigenvalue weighted by molar-refractivity contribution is 0.122. The lowest BCUT2D eigenvalue weighted by atomic mass is 9.90. The van der Waals surface area contributed by atoms with Crippen LogP contribution in [-0.2, 0) is 0 Å². The number of rotatable bonds is 3. The van der Waals surface area contributed by atoms with Crippen LogP contribution in [0.2, 0.25) is 0 Å². The molecule has 0 saturated carbocycles. The standard InChI is InChI=1S/C14H28N2/c1-4-13-8-7-12(2)16(13)11-14(3)9-5-6-10-15-14/h12-13,15H,4-11H2,1-3H3. The molecule has 16 heavy (non-hydrogen) atoms. The van der Waals surface area contributed by atoms with E-state index in [1.807, 2.05) is 0 Å². The van der Waals surface area contributed by atoms with Crippen molar-refractivity contribution in [1.82, 2.24) is 10.2 Å². The van der Waals surface area contributed by atoms with Crippen LogP contribution < -0.4 is 5.32 Å². The smallest absolute Gasteiger partial charge is 0.0280 e. The van der Waals surface area contributed by atoms with Crippen LogP contribution in [0.1, 0.15) is 59.3 Å². The van der Waals surface area contributed by atoms with E-state index in [0.29, 0.717) is 5.54 Å². The fourth-order valence-corrected chi connectivity index (χ4v) is 3.51. The largest absolute Gasteiger partial charge is 0.310 e. The van der Waals surface area contributed by atoms with Gasteiger partial charge in [-0.1, -0.05) is 13.3 Å². The summed E-state index contributed by atoms with van der Waals surface area (Å²) in [4.78, 5) is 2.76. The average molecular weight is 224 g/mol. The van der Waals surface area contributed by atoms with E-state index in [4.69, 9.17) is 0 Å². The monoisotopic (exact) mass is 224 g/mol. The van der Waals surface area contributed by atoms with Gasteiger partial charge >= 0.3 is 0 Å². The molecule has 0 spiro atoms. The normalized spacial score (nSPS) is 41.4. The van der Waals surface area contributed by atoms with Crippen LogP contribution in [0, 0.1) is 0 Å². The number of nitrogens with one attached hydrogen (secondary N) is 1. The van der Waals surface area contributed by atoms with Gasteiger partial charge in [-0.25, -0.2) is 0 Å². The predicted molar refractivity (Wildman–Crippen MR) is 69.7 cm³/mol. The van der Waals surface area contributed by atoms with Gasteiger partial charge in [0.15, 0.2) is 0 Å². The summed E-state index contributed by atoms with van der Waals surface area (Å²) in [6, 6.07) is 1.64. The lowest BCUT2D eigenvalue weighted by Gasteiger charge is -2.41. The minimum absolute atomic E-state index is 0.379. The third-order valence-electron chi connectivity index (χ3n) is 4.66. The molecule has 0 radical (unpaired) electrons. The van der Waals surface area contributed by atoms with Crippen LogP contribution >= 0.6 is 0 Å². The molecule has 94 valence electrons. The molecule has 3 unspecified atom stereocenters. The average Bonchev–Trinajstić information content (AvgIpc) is 2.61. The van der Waals surface area contributed by atoms with Gasteiger partial charge in [0.25, 0.3) is 0 Å². The molecule has 0 aromatic carbocycles. The van der Waals surface area contributed by atoms with Gasteiger partial charge in [0.2, 0.25) is 0 Å². The SMILES string of the molecule is CCC1CCC(C)N1CC1(C)CCCCN1. The second-order valence-corrected chi connectivity index (χ2v) is 6.11. The summed E-state index contributed by atoms with van der Waals surface area (Å²) in [6.07, 6.45) is 8.25. The Balaban J connectivity index is 1.96. The maximum Gasteiger partial charge on any atom is 0.0280 e. The number of hydrogen-bond acceptors (Lipinski definition) is 2. The van der Waals surface area contributed by atoms with Crippen LogP contribution in [0.15, 0.2) is 0 Å². The van der Waals surface area contributed by atoms with E-state index in [9.17, 15) is 0 Å². The highest BCUT2D eigenvalue weighted by Gasteiger charge is 2.36. The van der Waals surface area contributed by atoms with Gasteiger partial charge in [-0.05, 0) is 52.5 Å². The highest BCUT2D eigenvalue weighted by molar-refractivity contribution is 4.94. The van der Waals surface area contributed by atoms with Crippen molar-refractivity contribution in [2.75, 3.05) is 13.1 Å². The Morgan fingerprint density at radius 1 is 1.31 bits per heavy atom. The first kappa shape index (κ1) is 12.4. The van der Waals surface area contributed by atoms with Gasteiger partial charge in [0.05, 0.1) is 0 Å². The second kappa shape index (κ2) is 5.05. The lowest BCUT2D eigenvalue weighted by Crippen LogP contribution is -2.55. The molecule has 2 aliphatic heterocycles. The quantitative estimate of drug-likeness (QED) is 0.793. The summed E-state index contributed by atoms with van der Waals surface area (Å²) in [5.41, 5.74) is 0.379. The minimum Gasteiger partial charge on any atom is -0.310 e. The Kier molecular flexibility index (Phi) is 3.91. The van der Waals surface area contributed by atoms with Crippen LogP contribution in [0.4, 0.5) is 0 Å². The fourth-order valence-electron chi connectivity index (χ4n) is 3.51. The first-order valence-electron chi connectivity index (χ1n) is 7.15. The topological polar surface area (TPSA) is 15.3 Å². The van der Waals surface area contributed by atoms with Crippen LogP contribution in [0.3, 0.4) is 0 Å². The molecular weight excluding hydrogens is 196 g/mol. The summed E-state index contributed by atoms with van der Waals surface area (Å²) >= 11 is 0. The molecule has 2 heterocycles. The molecule has 0 aromatic rings. The van der Waals surface area contributed by atoms with E-state index in [0.717, 1.165) is 12.1 Å². The van der Waals surface area contributed by atoms with Crippen molar-refractivity contribution in [2.24, 2.45) is 0 Å². The number of hydrogen-bond donors (Lipinski definition) is 1. The van der Waals surface area contributed by atoms with E-state index in [2.05, 4.69) is 31.0 Å². The van der Waals surface area contributed by atoms with Crippen LogP contribution in [0.5, 0.6) is 0 Å². The maximum atomic E-state index is 3.75. The third kappa shape index (κ3) is 2.60. The first-order chi connectivity index (χ1) is 7.64. The van der Waals surface area contributed by atoms with Gasteiger partial charge in [0, 0.05) is 24.2 Å². The molecule has 2 heteroatoms. The van der Waals surface area contributed by atoms with E-state index in [1.165, 1.54) is 51.6 Å². The van der Waals surface area contributed by atoms with E-state index >= 15 is 0 Å². The Bertz CT molecular complexity index is 221. The number of nitrogens with zero attached hydrogens (tertiary/aromatic N) is 1. The molecular formula is C14H28N2. The Morgan fingerprint density at radius 3 is 2.75 bits per heavy atom. The summed E-state index contributed by atoms with van der Waals surface area (Å²) in [5.74, 6) is 0. The van der Waals surface area contributed by atoms with Crippen molar-refractivity contribution in [1.29, 1.82) is 0 Å². The van der Waals surface area contributed by atoms with Gasteiger partial charge in [-0.15, -0.1) is 0 Å². The van der Waals surface area contributed by atoms with Crippen LogP contribution in [-0.4, -0.2) is 35.6 Å². The van der Waals surface area contributed by atoms with Crippen molar-refractivity contribution in [3.05, 3.63) is 0 Å². The zero-order chi connectivity index (χ0) is 11.6. The number of likely N-dealkylation sites (tertiary alicyclic amines) is 1. The molecule has 2 fully saturated rings. The number of piperidine rings is 1. The van der Waals surface area contributed by atoms with E-state index < -0.39 is 0 Å². The van der Waals surface area contributed by atoms with Crippen molar-refractivity contribution >= 4 is 0 Å². The van der Waals surface area contributed by atoms with Gasteiger partial charge in [-0.3, -0.25) is 4.90 Å². The Morgan fingerprint density at radius 2 is 2.12 bits per heavy atom. The highest BCUT2D eigenvalue weighted by Crippen LogP contribution is 2.30. The molecule has 2 nitrogen and oxygen atoms in total. The molecule has 2 aliphatic rings. The molecule has 2 saturated heterocycles. The molecule has 0 aliphatic carbocycles. The summed E-state index contributed by atoms with van der Waals surface area (Å²) in [5, 5.41) is 3.75. The summed E-state index contributed by atoms with van der Waals surface area (Å²) < 4.78 is 0. The second-order valence-electron chi connectivity index (χ2n) is 6.11. The zero-order valence-electron chi connectivity index (χ0n) is 11.3. The molecule has 2 rings (SSSR count). The predicted octanol–water partition coefficient (Wildman–Crippen LogP) is 2.78. The summed E-state index contributed by atoms with van der Waals surface area (Å²) in [7, 11) is 0. The van der Waals surface area contributed by atoms with Crippen molar-refractivity contribution in [3.63, 3.8) is 0 Å². The van der Waals surface area contributed by atoms with E-state index in [1.54, 1.807) is 0 Å². The van der Waals surface area contributed by atoms with E-state index in [-0.39, 0.29) is 0 Å². The highest BCUT2D eigenvalue weighted by atomic mass is 15.2. The molecule has 0 amide bonds. The Hall–Kier alpha value is -0.0800. The van der Waals surface area contributed by atoms with Gasteiger partial charge in [0.1, 0.15) is 0 Å². The first-order valence-corrected chi connectivity index (χ1v) is 7.15. The van der Waals surface area contributed by atoms with Gasteiger partial charge in [-0.2, -0.15) is 0 Å². The fraction of sp³-hybridized carbons (Fsp3) is 1.00. The maximum absolute atomic E-state index is 3.75. The zero-order valence-corrected chi connectivity index (χ0v) is 11.3. The van der Waals surface area contributed by atoms with Gasteiger partial charge < -0.3 is 5.32 Å². The third-order valence-corrected chi connectivity index (χ3v) is 4.66. The molecule has 0 aromatic heterocycles.